The van der Waals surface area contributed by atoms with Gasteiger partial charge in [-0.15, -0.1) is 0 Å². The van der Waals surface area contributed by atoms with Gasteiger partial charge in [-0.1, -0.05) is 12.1 Å². The number of halogens is 1. The van der Waals surface area contributed by atoms with Gasteiger partial charge in [0.25, 0.3) is 0 Å². The maximum Gasteiger partial charge on any atom is 0.325 e. The van der Waals surface area contributed by atoms with Gasteiger partial charge >= 0.3 is 5.97 Å². The Morgan fingerprint density at radius 1 is 0.968 bits per heavy atom. The van der Waals surface area contributed by atoms with E-state index in [1.807, 2.05) is 0 Å². The lowest BCUT2D eigenvalue weighted by molar-refractivity contribution is -0.147. The van der Waals surface area contributed by atoms with Gasteiger partial charge in [0.2, 0.25) is 11.8 Å². The maximum absolute atomic E-state index is 13.3. The Labute approximate surface area is 179 Å². The molecule has 0 fully saturated rings. The van der Waals surface area contributed by atoms with Crippen LogP contribution in [0.3, 0.4) is 0 Å². The van der Waals surface area contributed by atoms with Crippen LogP contribution in [0.25, 0.3) is 0 Å². The van der Waals surface area contributed by atoms with Gasteiger partial charge in [-0.05, 0) is 35.4 Å². The quantitative estimate of drug-likeness (QED) is 0.575. The third kappa shape index (κ3) is 7.61. The fraction of sp³-hybridized carbons (Fsp3) is 0.318. The first-order chi connectivity index (χ1) is 14.8. The van der Waals surface area contributed by atoms with Gasteiger partial charge in [0.15, 0.2) is 0 Å². The zero-order valence-electron chi connectivity index (χ0n) is 17.6. The fourth-order valence-electron chi connectivity index (χ4n) is 2.81. The Morgan fingerprint density at radius 3 is 2.23 bits per heavy atom. The Bertz CT molecular complexity index is 912. The van der Waals surface area contributed by atoms with Gasteiger partial charge in [0, 0.05) is 12.6 Å². The molecule has 0 saturated heterocycles. The van der Waals surface area contributed by atoms with Crippen LogP contribution in [0.1, 0.15) is 11.1 Å². The molecule has 9 heteroatoms. The SMILES string of the molecule is COC(=O)CN(Cc1cc(OC)cc(OC)c1)C(=O)CNC(=O)Cc1cccc(F)c1. The molecule has 2 amide bonds. The second-order valence-corrected chi connectivity index (χ2v) is 6.63. The molecule has 31 heavy (non-hydrogen) atoms. The molecule has 0 bridgehead atoms. The zero-order valence-corrected chi connectivity index (χ0v) is 17.6. The number of nitrogens with zero attached hydrogens (tertiary/aromatic N) is 1. The molecule has 2 aromatic rings. The highest BCUT2D eigenvalue weighted by atomic mass is 19.1. The van der Waals surface area contributed by atoms with Gasteiger partial charge in [0.1, 0.15) is 23.9 Å². The molecule has 0 heterocycles. The molecule has 0 aromatic heterocycles. The fourth-order valence-corrected chi connectivity index (χ4v) is 2.81. The number of hydrogen-bond donors (Lipinski definition) is 1. The van der Waals surface area contributed by atoms with Crippen molar-refractivity contribution in [1.29, 1.82) is 0 Å². The summed E-state index contributed by atoms with van der Waals surface area (Å²) < 4.78 is 28.4. The van der Waals surface area contributed by atoms with Crippen molar-refractivity contribution in [1.82, 2.24) is 10.2 Å². The van der Waals surface area contributed by atoms with Crippen LogP contribution in [-0.2, 0) is 32.1 Å². The summed E-state index contributed by atoms with van der Waals surface area (Å²) in [7, 11) is 4.23. The van der Waals surface area contributed by atoms with Crippen LogP contribution in [0.5, 0.6) is 11.5 Å². The Kier molecular flexibility index (Phi) is 8.80. The largest absolute Gasteiger partial charge is 0.497 e. The topological polar surface area (TPSA) is 94.2 Å². The van der Waals surface area contributed by atoms with E-state index in [2.05, 4.69) is 10.1 Å². The van der Waals surface area contributed by atoms with E-state index in [4.69, 9.17) is 9.47 Å². The summed E-state index contributed by atoms with van der Waals surface area (Å²) in [5.74, 6) is -0.917. The minimum absolute atomic E-state index is 0.0707. The molecule has 0 spiro atoms. The molecule has 2 rings (SSSR count). The zero-order chi connectivity index (χ0) is 22.8. The monoisotopic (exact) mass is 432 g/mol. The molecule has 0 atom stereocenters. The minimum atomic E-state index is -0.603. The number of carbonyl (C=O) groups excluding carboxylic acids is 3. The summed E-state index contributed by atoms with van der Waals surface area (Å²) in [6.07, 6.45) is -0.0743. The summed E-state index contributed by atoms with van der Waals surface area (Å²) in [6.45, 7) is -0.553. The molecule has 0 saturated carbocycles. The van der Waals surface area contributed by atoms with Crippen molar-refractivity contribution in [3.05, 3.63) is 59.4 Å². The van der Waals surface area contributed by atoms with Crippen molar-refractivity contribution in [3.8, 4) is 11.5 Å². The number of ether oxygens (including phenoxy) is 3. The third-order valence-electron chi connectivity index (χ3n) is 4.38. The van der Waals surface area contributed by atoms with E-state index in [0.29, 0.717) is 22.6 Å². The average molecular weight is 432 g/mol. The highest BCUT2D eigenvalue weighted by Gasteiger charge is 2.19. The summed E-state index contributed by atoms with van der Waals surface area (Å²) >= 11 is 0. The van der Waals surface area contributed by atoms with E-state index in [1.165, 1.54) is 44.4 Å². The number of esters is 1. The molecule has 0 aliphatic rings. The second kappa shape index (κ2) is 11.5. The highest BCUT2D eigenvalue weighted by Crippen LogP contribution is 2.23. The second-order valence-electron chi connectivity index (χ2n) is 6.63. The van der Waals surface area contributed by atoms with Crippen LogP contribution < -0.4 is 14.8 Å². The van der Waals surface area contributed by atoms with Crippen LogP contribution in [-0.4, -0.2) is 57.1 Å². The number of carbonyl (C=O) groups is 3. The van der Waals surface area contributed by atoms with Gasteiger partial charge in [-0.2, -0.15) is 0 Å². The smallest absolute Gasteiger partial charge is 0.325 e. The first-order valence-electron chi connectivity index (χ1n) is 9.42. The molecule has 2 aromatic carbocycles. The van der Waals surface area contributed by atoms with Crippen LogP contribution in [0.4, 0.5) is 4.39 Å². The number of nitrogens with one attached hydrogen (secondary N) is 1. The standard InChI is InChI=1S/C22H25FN2O6/c1-29-18-8-16(9-19(11-18)30-2)13-25(14-22(28)31-3)21(27)12-24-20(26)10-15-5-4-6-17(23)7-15/h4-9,11H,10,12-14H2,1-3H3,(H,24,26). The summed E-state index contributed by atoms with van der Waals surface area (Å²) in [6, 6.07) is 10.8. The molecule has 1 N–H and O–H groups in total. The van der Waals surface area contributed by atoms with E-state index >= 15 is 0 Å². The van der Waals surface area contributed by atoms with E-state index in [9.17, 15) is 18.8 Å². The predicted molar refractivity (Wildman–Crippen MR) is 110 cm³/mol. The lowest BCUT2D eigenvalue weighted by Gasteiger charge is -2.22. The van der Waals surface area contributed by atoms with Crippen LogP contribution in [0.15, 0.2) is 42.5 Å². The number of rotatable bonds is 10. The average Bonchev–Trinajstić information content (AvgIpc) is 2.76. The van der Waals surface area contributed by atoms with E-state index in [-0.39, 0.29) is 26.1 Å². The van der Waals surface area contributed by atoms with Gasteiger partial charge in [-0.3, -0.25) is 14.4 Å². The van der Waals surface area contributed by atoms with E-state index < -0.39 is 23.6 Å². The van der Waals surface area contributed by atoms with Crippen molar-refractivity contribution in [3.63, 3.8) is 0 Å². The van der Waals surface area contributed by atoms with Crippen molar-refractivity contribution < 1.29 is 33.0 Å². The Morgan fingerprint density at radius 2 is 1.65 bits per heavy atom. The van der Waals surface area contributed by atoms with Gasteiger partial charge < -0.3 is 24.4 Å². The van der Waals surface area contributed by atoms with Crippen LogP contribution in [0.2, 0.25) is 0 Å². The molecule has 0 aliphatic carbocycles. The van der Waals surface area contributed by atoms with E-state index in [0.717, 1.165) is 0 Å². The first kappa shape index (κ1) is 23.7. The van der Waals surface area contributed by atoms with Gasteiger partial charge in [-0.25, -0.2) is 4.39 Å². The summed E-state index contributed by atoms with van der Waals surface area (Å²) in [5.41, 5.74) is 1.15. The van der Waals surface area contributed by atoms with Crippen molar-refractivity contribution >= 4 is 17.8 Å². The number of amides is 2. The molecule has 0 unspecified atom stereocenters. The summed E-state index contributed by atoms with van der Waals surface area (Å²) in [5, 5.41) is 2.50. The highest BCUT2D eigenvalue weighted by molar-refractivity contribution is 5.87. The normalized spacial score (nSPS) is 10.2. The van der Waals surface area contributed by atoms with Crippen LogP contribution >= 0.6 is 0 Å². The predicted octanol–water partition coefficient (Wildman–Crippen LogP) is 1.70. The number of benzene rings is 2. The van der Waals surface area contributed by atoms with Crippen molar-refractivity contribution in [2.24, 2.45) is 0 Å². The molecular formula is C22H25FN2O6. The first-order valence-corrected chi connectivity index (χ1v) is 9.42. The summed E-state index contributed by atoms with van der Waals surface area (Å²) in [4.78, 5) is 37.9. The minimum Gasteiger partial charge on any atom is -0.497 e. The van der Waals surface area contributed by atoms with Crippen molar-refractivity contribution in [2.75, 3.05) is 34.4 Å². The molecular weight excluding hydrogens is 407 g/mol. The lowest BCUT2D eigenvalue weighted by Crippen LogP contribution is -2.42. The molecule has 166 valence electrons. The maximum atomic E-state index is 13.3. The molecule has 8 nitrogen and oxygen atoms in total. The van der Waals surface area contributed by atoms with E-state index in [1.54, 1.807) is 24.3 Å². The van der Waals surface area contributed by atoms with Crippen molar-refractivity contribution in [2.45, 2.75) is 13.0 Å². The third-order valence-corrected chi connectivity index (χ3v) is 4.38. The lowest BCUT2D eigenvalue weighted by atomic mass is 10.1. The molecule has 0 aliphatic heterocycles. The Hall–Kier alpha value is -3.62. The number of hydrogen-bond acceptors (Lipinski definition) is 6. The Balaban J connectivity index is 2.05. The van der Waals surface area contributed by atoms with Crippen LogP contribution in [0, 0.1) is 5.82 Å². The molecule has 0 radical (unpaired) electrons. The number of methoxy groups -OCH3 is 3. The van der Waals surface area contributed by atoms with Gasteiger partial charge in [0.05, 0.1) is 34.3 Å².